The highest BCUT2D eigenvalue weighted by Crippen LogP contribution is 2.30. The minimum atomic E-state index is -0.351. The molecule has 0 atom stereocenters. The summed E-state index contributed by atoms with van der Waals surface area (Å²) in [6.45, 7) is 4.84. The van der Waals surface area contributed by atoms with E-state index in [-0.39, 0.29) is 5.60 Å². The zero-order valence-electron chi connectivity index (χ0n) is 9.58. The predicted octanol–water partition coefficient (Wildman–Crippen LogP) is 1.40. The van der Waals surface area contributed by atoms with Crippen molar-refractivity contribution in [2.45, 2.75) is 44.1 Å². The molecule has 1 aliphatic heterocycles. The van der Waals surface area contributed by atoms with Gasteiger partial charge in [-0.2, -0.15) is 0 Å². The highest BCUT2D eigenvalue weighted by Gasteiger charge is 2.29. The van der Waals surface area contributed by atoms with Gasteiger partial charge in [-0.1, -0.05) is 19.3 Å². The van der Waals surface area contributed by atoms with Crippen molar-refractivity contribution >= 4 is 0 Å². The summed E-state index contributed by atoms with van der Waals surface area (Å²) in [6, 6.07) is 0. The minimum Gasteiger partial charge on any atom is -0.390 e. The van der Waals surface area contributed by atoms with Crippen LogP contribution in [-0.2, 0) is 4.74 Å². The third-order valence-corrected chi connectivity index (χ3v) is 3.78. The molecule has 15 heavy (non-hydrogen) atoms. The Morgan fingerprint density at radius 3 is 2.40 bits per heavy atom. The standard InChI is InChI=1S/C12H23NO2/c14-12(4-2-1-3-5-12)6-7-13-8-10-15-11-9-13/h14H,1-11H2. The summed E-state index contributed by atoms with van der Waals surface area (Å²) in [6.07, 6.45) is 6.70. The molecule has 2 fully saturated rings. The van der Waals surface area contributed by atoms with Crippen LogP contribution in [0.4, 0.5) is 0 Å². The van der Waals surface area contributed by atoms with Gasteiger partial charge in [-0.15, -0.1) is 0 Å². The zero-order valence-corrected chi connectivity index (χ0v) is 9.58. The van der Waals surface area contributed by atoms with Gasteiger partial charge in [0, 0.05) is 19.6 Å². The van der Waals surface area contributed by atoms with E-state index in [1.165, 1.54) is 19.3 Å². The molecule has 2 aliphatic rings. The summed E-state index contributed by atoms with van der Waals surface area (Å²) in [4.78, 5) is 2.41. The lowest BCUT2D eigenvalue weighted by Crippen LogP contribution is -2.41. The molecule has 1 N–H and O–H groups in total. The van der Waals surface area contributed by atoms with E-state index in [0.717, 1.165) is 52.1 Å². The molecular formula is C12H23NO2. The number of ether oxygens (including phenoxy) is 1. The van der Waals surface area contributed by atoms with Crippen LogP contribution in [0.15, 0.2) is 0 Å². The SMILES string of the molecule is OC1(CCN2CCOCC2)CCCCC1. The van der Waals surface area contributed by atoms with Gasteiger partial charge in [0.25, 0.3) is 0 Å². The largest absolute Gasteiger partial charge is 0.390 e. The molecule has 0 aromatic heterocycles. The molecule has 2 rings (SSSR count). The van der Waals surface area contributed by atoms with E-state index < -0.39 is 0 Å². The molecule has 0 aromatic carbocycles. The van der Waals surface area contributed by atoms with E-state index in [4.69, 9.17) is 4.74 Å². The molecule has 1 saturated heterocycles. The molecule has 3 nitrogen and oxygen atoms in total. The average molecular weight is 213 g/mol. The Kier molecular flexibility index (Phi) is 4.00. The van der Waals surface area contributed by atoms with Gasteiger partial charge in [0.15, 0.2) is 0 Å². The number of hydrogen-bond donors (Lipinski definition) is 1. The summed E-state index contributed by atoms with van der Waals surface area (Å²) in [7, 11) is 0. The van der Waals surface area contributed by atoms with Gasteiger partial charge in [-0.25, -0.2) is 0 Å². The molecule has 0 aromatic rings. The third kappa shape index (κ3) is 3.44. The van der Waals surface area contributed by atoms with Crippen molar-refractivity contribution in [1.82, 2.24) is 4.90 Å². The Morgan fingerprint density at radius 2 is 1.73 bits per heavy atom. The molecular weight excluding hydrogens is 190 g/mol. The lowest BCUT2D eigenvalue weighted by atomic mass is 9.82. The Bertz CT molecular complexity index is 184. The molecule has 1 heterocycles. The molecule has 0 bridgehead atoms. The second kappa shape index (κ2) is 5.28. The summed E-state index contributed by atoms with van der Waals surface area (Å²) in [5, 5.41) is 10.3. The number of morpholine rings is 1. The monoisotopic (exact) mass is 213 g/mol. The van der Waals surface area contributed by atoms with Gasteiger partial charge in [-0.3, -0.25) is 4.90 Å². The fourth-order valence-electron chi connectivity index (χ4n) is 2.65. The van der Waals surface area contributed by atoms with Crippen LogP contribution in [-0.4, -0.2) is 48.5 Å². The first-order valence-electron chi connectivity index (χ1n) is 6.31. The number of rotatable bonds is 3. The van der Waals surface area contributed by atoms with E-state index in [0.29, 0.717) is 0 Å². The number of nitrogens with zero attached hydrogens (tertiary/aromatic N) is 1. The van der Waals surface area contributed by atoms with Gasteiger partial charge < -0.3 is 9.84 Å². The smallest absolute Gasteiger partial charge is 0.0660 e. The van der Waals surface area contributed by atoms with Crippen LogP contribution in [0, 0.1) is 0 Å². The van der Waals surface area contributed by atoms with Crippen LogP contribution >= 0.6 is 0 Å². The summed E-state index contributed by atoms with van der Waals surface area (Å²) in [5.41, 5.74) is -0.351. The van der Waals surface area contributed by atoms with Crippen LogP contribution in [0.25, 0.3) is 0 Å². The maximum absolute atomic E-state index is 10.3. The molecule has 1 saturated carbocycles. The predicted molar refractivity (Wildman–Crippen MR) is 59.9 cm³/mol. The van der Waals surface area contributed by atoms with Crippen molar-refractivity contribution in [3.8, 4) is 0 Å². The van der Waals surface area contributed by atoms with Crippen molar-refractivity contribution in [2.24, 2.45) is 0 Å². The van der Waals surface area contributed by atoms with E-state index in [9.17, 15) is 5.11 Å². The number of aliphatic hydroxyl groups is 1. The second-order valence-corrected chi connectivity index (χ2v) is 4.99. The quantitative estimate of drug-likeness (QED) is 0.769. The van der Waals surface area contributed by atoms with E-state index in [1.54, 1.807) is 0 Å². The zero-order chi connectivity index (χ0) is 10.6. The van der Waals surface area contributed by atoms with E-state index in [2.05, 4.69) is 4.90 Å². The van der Waals surface area contributed by atoms with Crippen LogP contribution in [0.2, 0.25) is 0 Å². The average Bonchev–Trinajstić information content (AvgIpc) is 2.29. The van der Waals surface area contributed by atoms with Gasteiger partial charge in [0.1, 0.15) is 0 Å². The summed E-state index contributed by atoms with van der Waals surface area (Å²) >= 11 is 0. The van der Waals surface area contributed by atoms with Gasteiger partial charge in [0.05, 0.1) is 18.8 Å². The highest BCUT2D eigenvalue weighted by molar-refractivity contribution is 4.83. The van der Waals surface area contributed by atoms with Gasteiger partial charge >= 0.3 is 0 Å². The Labute approximate surface area is 92.4 Å². The lowest BCUT2D eigenvalue weighted by Gasteiger charge is -2.35. The number of hydrogen-bond acceptors (Lipinski definition) is 3. The van der Waals surface area contributed by atoms with Crippen molar-refractivity contribution < 1.29 is 9.84 Å². The minimum absolute atomic E-state index is 0.351. The normalized spacial score (nSPS) is 27.8. The van der Waals surface area contributed by atoms with E-state index >= 15 is 0 Å². The van der Waals surface area contributed by atoms with Crippen LogP contribution in [0.3, 0.4) is 0 Å². The Hall–Kier alpha value is -0.120. The lowest BCUT2D eigenvalue weighted by molar-refractivity contribution is -0.0235. The maximum Gasteiger partial charge on any atom is 0.0660 e. The molecule has 3 heteroatoms. The first kappa shape index (κ1) is 11.4. The topological polar surface area (TPSA) is 32.7 Å². The van der Waals surface area contributed by atoms with E-state index in [1.807, 2.05) is 0 Å². The molecule has 0 amide bonds. The maximum atomic E-state index is 10.3. The van der Waals surface area contributed by atoms with Crippen LogP contribution < -0.4 is 0 Å². The third-order valence-electron chi connectivity index (χ3n) is 3.78. The molecule has 0 unspecified atom stereocenters. The van der Waals surface area contributed by atoms with Crippen LogP contribution in [0.5, 0.6) is 0 Å². The van der Waals surface area contributed by atoms with Gasteiger partial charge in [0.2, 0.25) is 0 Å². The summed E-state index contributed by atoms with van der Waals surface area (Å²) < 4.78 is 5.31. The highest BCUT2D eigenvalue weighted by atomic mass is 16.5. The first-order chi connectivity index (χ1) is 7.29. The first-order valence-corrected chi connectivity index (χ1v) is 6.31. The molecule has 1 aliphatic carbocycles. The van der Waals surface area contributed by atoms with Crippen molar-refractivity contribution in [1.29, 1.82) is 0 Å². The van der Waals surface area contributed by atoms with Crippen molar-refractivity contribution in [3.63, 3.8) is 0 Å². The van der Waals surface area contributed by atoms with Crippen molar-refractivity contribution in [2.75, 3.05) is 32.8 Å². The van der Waals surface area contributed by atoms with Crippen LogP contribution in [0.1, 0.15) is 38.5 Å². The molecule has 0 radical (unpaired) electrons. The van der Waals surface area contributed by atoms with Crippen molar-refractivity contribution in [3.05, 3.63) is 0 Å². The molecule has 88 valence electrons. The second-order valence-electron chi connectivity index (χ2n) is 4.99. The Balaban J connectivity index is 1.70. The fourth-order valence-corrected chi connectivity index (χ4v) is 2.65. The molecule has 0 spiro atoms. The summed E-state index contributed by atoms with van der Waals surface area (Å²) in [5.74, 6) is 0. The fraction of sp³-hybridized carbons (Fsp3) is 1.00. The Morgan fingerprint density at radius 1 is 1.07 bits per heavy atom. The van der Waals surface area contributed by atoms with Gasteiger partial charge in [-0.05, 0) is 19.3 Å².